The first-order valence-corrected chi connectivity index (χ1v) is 10.4. The van der Waals surface area contributed by atoms with Gasteiger partial charge in [-0.15, -0.1) is 0 Å². The molecule has 0 saturated heterocycles. The summed E-state index contributed by atoms with van der Waals surface area (Å²) in [7, 11) is 0. The van der Waals surface area contributed by atoms with Gasteiger partial charge in [0, 0.05) is 17.0 Å². The van der Waals surface area contributed by atoms with E-state index < -0.39 is 0 Å². The van der Waals surface area contributed by atoms with Crippen LogP contribution in [-0.4, -0.2) is 11.3 Å². The Morgan fingerprint density at radius 1 is 1.19 bits per heavy atom. The average Bonchev–Trinajstić information content (AvgIpc) is 3.27. The van der Waals surface area contributed by atoms with E-state index in [9.17, 15) is 0 Å². The van der Waals surface area contributed by atoms with Gasteiger partial charge in [-0.25, -0.2) is 0 Å². The van der Waals surface area contributed by atoms with Crippen LogP contribution in [0.3, 0.4) is 0 Å². The molecule has 3 nitrogen and oxygen atoms in total. The first-order valence-electron chi connectivity index (χ1n) is 9.62. The zero-order valence-electron chi connectivity index (χ0n) is 15.3. The fourth-order valence-corrected chi connectivity index (χ4v) is 4.80. The Morgan fingerprint density at radius 2 is 1.92 bits per heavy atom. The van der Waals surface area contributed by atoms with Gasteiger partial charge in [0.15, 0.2) is 0 Å². The molecule has 0 bridgehead atoms. The molecular weight excluding hydrogens is 369 g/mol. The van der Waals surface area contributed by atoms with Crippen LogP contribution >= 0.6 is 23.2 Å². The van der Waals surface area contributed by atoms with E-state index in [1.807, 2.05) is 18.2 Å². The van der Waals surface area contributed by atoms with Crippen LogP contribution in [0.4, 0.5) is 0 Å². The summed E-state index contributed by atoms with van der Waals surface area (Å²) in [4.78, 5) is 0. The lowest BCUT2D eigenvalue weighted by molar-refractivity contribution is 0.0135. The molecule has 26 heavy (non-hydrogen) atoms. The number of rotatable bonds is 6. The van der Waals surface area contributed by atoms with E-state index in [2.05, 4.69) is 19.0 Å². The van der Waals surface area contributed by atoms with Gasteiger partial charge in [-0.05, 0) is 49.7 Å². The molecule has 4 rings (SSSR count). The standard InChI is InChI=1S/C21H25Cl2NO2/c1-3-13-9-12(2)10-18(13)25-11-15-20(24-26-21(15)14-7-8-14)19-16(22)5-4-6-17(19)23/h4-6,12-14,18H,3,7-11H2,1-2H3. The summed E-state index contributed by atoms with van der Waals surface area (Å²) in [6.07, 6.45) is 6.16. The van der Waals surface area contributed by atoms with Gasteiger partial charge < -0.3 is 9.26 Å². The van der Waals surface area contributed by atoms with Gasteiger partial charge >= 0.3 is 0 Å². The minimum atomic E-state index is 0.312. The maximum Gasteiger partial charge on any atom is 0.145 e. The fraction of sp³-hybridized carbons (Fsp3) is 0.571. The molecule has 1 heterocycles. The molecule has 0 N–H and O–H groups in total. The molecule has 2 aliphatic carbocycles. The largest absolute Gasteiger partial charge is 0.373 e. The predicted molar refractivity (Wildman–Crippen MR) is 105 cm³/mol. The lowest BCUT2D eigenvalue weighted by atomic mass is 10.0. The van der Waals surface area contributed by atoms with Gasteiger partial charge in [-0.1, -0.05) is 54.7 Å². The highest BCUT2D eigenvalue weighted by molar-refractivity contribution is 6.39. The third kappa shape index (κ3) is 3.54. The van der Waals surface area contributed by atoms with Crippen LogP contribution < -0.4 is 0 Å². The smallest absolute Gasteiger partial charge is 0.145 e. The number of nitrogens with zero attached hydrogens (tertiary/aromatic N) is 1. The van der Waals surface area contributed by atoms with Crippen molar-refractivity contribution in [3.63, 3.8) is 0 Å². The van der Waals surface area contributed by atoms with E-state index in [1.165, 1.54) is 6.42 Å². The van der Waals surface area contributed by atoms with Gasteiger partial charge in [-0.2, -0.15) is 0 Å². The van der Waals surface area contributed by atoms with Gasteiger partial charge in [0.05, 0.1) is 22.8 Å². The zero-order valence-corrected chi connectivity index (χ0v) is 16.8. The van der Waals surface area contributed by atoms with E-state index in [0.717, 1.165) is 54.2 Å². The monoisotopic (exact) mass is 393 g/mol. The van der Waals surface area contributed by atoms with Gasteiger partial charge in [0.25, 0.3) is 0 Å². The number of hydrogen-bond donors (Lipinski definition) is 0. The normalized spacial score (nSPS) is 25.8. The van der Waals surface area contributed by atoms with E-state index in [0.29, 0.717) is 34.6 Å². The molecule has 2 aromatic rings. The first kappa shape index (κ1) is 18.3. The maximum atomic E-state index is 6.43. The molecule has 2 aliphatic rings. The highest BCUT2D eigenvalue weighted by Gasteiger charge is 2.35. The first-order chi connectivity index (χ1) is 12.6. The van der Waals surface area contributed by atoms with Gasteiger partial charge in [0.1, 0.15) is 11.5 Å². The molecule has 5 heteroatoms. The third-order valence-electron chi connectivity index (χ3n) is 5.80. The highest BCUT2D eigenvalue weighted by Crippen LogP contribution is 2.46. The molecule has 0 spiro atoms. The Kier molecular flexibility index (Phi) is 5.31. The lowest BCUT2D eigenvalue weighted by Gasteiger charge is -2.19. The summed E-state index contributed by atoms with van der Waals surface area (Å²) in [5.74, 6) is 2.78. The van der Waals surface area contributed by atoms with Crippen molar-refractivity contribution in [2.45, 2.75) is 64.6 Å². The number of halogens is 2. The van der Waals surface area contributed by atoms with E-state index in [1.54, 1.807) is 0 Å². The van der Waals surface area contributed by atoms with Crippen LogP contribution in [0.25, 0.3) is 11.3 Å². The Labute approximate surface area is 165 Å². The SMILES string of the molecule is CCC1CC(C)CC1OCc1c(-c2c(Cl)cccc2Cl)noc1C1CC1. The summed E-state index contributed by atoms with van der Waals surface area (Å²) < 4.78 is 12.1. The minimum absolute atomic E-state index is 0.312. The predicted octanol–water partition coefficient (Wildman–Crippen LogP) is 6.87. The molecule has 2 fully saturated rings. The van der Waals surface area contributed by atoms with Gasteiger partial charge in [0.2, 0.25) is 0 Å². The van der Waals surface area contributed by atoms with Crippen molar-refractivity contribution in [3.05, 3.63) is 39.6 Å². The van der Waals surface area contributed by atoms with Gasteiger partial charge in [-0.3, -0.25) is 0 Å². The van der Waals surface area contributed by atoms with Crippen molar-refractivity contribution >= 4 is 23.2 Å². The van der Waals surface area contributed by atoms with Crippen LogP contribution in [0.15, 0.2) is 22.7 Å². The Hall–Kier alpha value is -1.03. The number of aromatic nitrogens is 1. The molecule has 0 radical (unpaired) electrons. The maximum absolute atomic E-state index is 6.43. The number of hydrogen-bond acceptors (Lipinski definition) is 3. The molecule has 0 amide bonds. The average molecular weight is 394 g/mol. The van der Waals surface area contributed by atoms with Crippen LogP contribution in [0.1, 0.15) is 63.2 Å². The van der Waals surface area contributed by atoms with E-state index in [-0.39, 0.29) is 0 Å². The Balaban J connectivity index is 1.63. The van der Waals surface area contributed by atoms with Crippen LogP contribution in [0.5, 0.6) is 0 Å². The summed E-state index contributed by atoms with van der Waals surface area (Å²) in [5, 5.41) is 5.53. The molecular formula is C21H25Cl2NO2. The quantitative estimate of drug-likeness (QED) is 0.536. The molecule has 1 aromatic heterocycles. The van der Waals surface area contributed by atoms with Crippen molar-refractivity contribution in [3.8, 4) is 11.3 Å². The summed E-state index contributed by atoms with van der Waals surface area (Å²) in [6, 6.07) is 5.52. The second-order valence-corrected chi connectivity index (χ2v) is 8.65. The summed E-state index contributed by atoms with van der Waals surface area (Å²) >= 11 is 12.9. The van der Waals surface area contributed by atoms with Crippen LogP contribution in [-0.2, 0) is 11.3 Å². The number of benzene rings is 1. The third-order valence-corrected chi connectivity index (χ3v) is 6.43. The molecule has 1 aromatic carbocycles. The Bertz CT molecular complexity index is 764. The topological polar surface area (TPSA) is 35.3 Å². The molecule has 0 aliphatic heterocycles. The Morgan fingerprint density at radius 3 is 2.58 bits per heavy atom. The molecule has 2 saturated carbocycles. The summed E-state index contributed by atoms with van der Waals surface area (Å²) in [5.41, 5.74) is 2.51. The number of ether oxygens (including phenoxy) is 1. The van der Waals surface area contributed by atoms with E-state index >= 15 is 0 Å². The van der Waals surface area contributed by atoms with Crippen LogP contribution in [0, 0.1) is 11.8 Å². The van der Waals surface area contributed by atoms with E-state index in [4.69, 9.17) is 32.5 Å². The highest BCUT2D eigenvalue weighted by atomic mass is 35.5. The summed E-state index contributed by atoms with van der Waals surface area (Å²) in [6.45, 7) is 5.08. The zero-order chi connectivity index (χ0) is 18.3. The molecule has 140 valence electrons. The van der Waals surface area contributed by atoms with Crippen molar-refractivity contribution in [2.75, 3.05) is 0 Å². The van der Waals surface area contributed by atoms with Crippen LogP contribution in [0.2, 0.25) is 10.0 Å². The molecule has 3 unspecified atom stereocenters. The van der Waals surface area contributed by atoms with Crippen molar-refractivity contribution in [2.24, 2.45) is 11.8 Å². The lowest BCUT2D eigenvalue weighted by Crippen LogP contribution is -2.17. The second-order valence-electron chi connectivity index (χ2n) is 7.84. The second kappa shape index (κ2) is 7.53. The van der Waals surface area contributed by atoms with Crippen molar-refractivity contribution in [1.29, 1.82) is 0 Å². The fourth-order valence-electron chi connectivity index (χ4n) is 4.23. The van der Waals surface area contributed by atoms with Crippen molar-refractivity contribution < 1.29 is 9.26 Å². The van der Waals surface area contributed by atoms with Crippen molar-refractivity contribution in [1.82, 2.24) is 5.16 Å². The molecule has 3 atom stereocenters. The minimum Gasteiger partial charge on any atom is -0.373 e.